The molecule has 0 atom stereocenters. The van der Waals surface area contributed by atoms with Crippen LogP contribution in [0.25, 0.3) is 0 Å². The highest BCUT2D eigenvalue weighted by Crippen LogP contribution is 2.27. The summed E-state index contributed by atoms with van der Waals surface area (Å²) in [5.74, 6) is -0.262. The highest BCUT2D eigenvalue weighted by molar-refractivity contribution is 5.63. The third-order valence-corrected chi connectivity index (χ3v) is 2.92. The molecular weight excluding hydrogens is 231 g/mol. The second kappa shape index (κ2) is 5.14. The Morgan fingerprint density at radius 3 is 2.67 bits per heavy atom. The fourth-order valence-corrected chi connectivity index (χ4v) is 1.88. The Labute approximate surface area is 106 Å². The van der Waals surface area contributed by atoms with Crippen LogP contribution in [0.1, 0.15) is 11.1 Å². The minimum absolute atomic E-state index is 0.218. The summed E-state index contributed by atoms with van der Waals surface area (Å²) in [6.45, 7) is 1.63. The summed E-state index contributed by atoms with van der Waals surface area (Å²) in [5.41, 5.74) is 2.18. The lowest BCUT2D eigenvalue weighted by Gasteiger charge is -2.21. The molecule has 18 heavy (non-hydrogen) atoms. The lowest BCUT2D eigenvalue weighted by Crippen LogP contribution is -2.15. The van der Waals surface area contributed by atoms with Crippen LogP contribution in [0.3, 0.4) is 0 Å². The molecule has 0 saturated heterocycles. The van der Waals surface area contributed by atoms with Crippen molar-refractivity contribution in [2.75, 3.05) is 11.9 Å². The molecule has 3 nitrogen and oxygen atoms in total. The van der Waals surface area contributed by atoms with Gasteiger partial charge >= 0.3 is 0 Å². The Kier molecular flexibility index (Phi) is 3.58. The zero-order valence-corrected chi connectivity index (χ0v) is 10.4. The van der Waals surface area contributed by atoms with E-state index in [1.54, 1.807) is 11.9 Å². The van der Waals surface area contributed by atoms with E-state index in [4.69, 9.17) is 5.11 Å². The highest BCUT2D eigenvalue weighted by atomic mass is 19.1. The summed E-state index contributed by atoms with van der Waals surface area (Å²) in [6, 6.07) is 9.17. The molecule has 1 aromatic heterocycles. The standard InChI is InChI=1S/C14H15FN2O/c1-10-5-3-4-6-12(10)17(2)14-13(15)11(9-18)7-8-16-14/h3-8,18H,9H2,1-2H3. The van der Waals surface area contributed by atoms with Gasteiger partial charge < -0.3 is 10.0 Å². The van der Waals surface area contributed by atoms with Gasteiger partial charge in [-0.1, -0.05) is 18.2 Å². The third kappa shape index (κ3) is 2.19. The molecule has 0 saturated carbocycles. The Hall–Kier alpha value is -1.94. The van der Waals surface area contributed by atoms with E-state index < -0.39 is 5.82 Å². The molecule has 4 heteroatoms. The van der Waals surface area contributed by atoms with Crippen LogP contribution in [0.4, 0.5) is 15.9 Å². The molecule has 0 fully saturated rings. The molecule has 1 heterocycles. The van der Waals surface area contributed by atoms with Gasteiger partial charge in [-0.25, -0.2) is 9.37 Å². The zero-order valence-electron chi connectivity index (χ0n) is 10.4. The van der Waals surface area contributed by atoms with Crippen LogP contribution in [0, 0.1) is 12.7 Å². The van der Waals surface area contributed by atoms with E-state index in [0.29, 0.717) is 0 Å². The molecule has 94 valence electrons. The van der Waals surface area contributed by atoms with E-state index in [1.807, 2.05) is 31.2 Å². The van der Waals surface area contributed by atoms with Gasteiger partial charge in [0.2, 0.25) is 0 Å². The maximum Gasteiger partial charge on any atom is 0.171 e. The third-order valence-electron chi connectivity index (χ3n) is 2.92. The lowest BCUT2D eigenvalue weighted by molar-refractivity contribution is 0.275. The van der Waals surface area contributed by atoms with Gasteiger partial charge in [0.05, 0.1) is 6.61 Å². The van der Waals surface area contributed by atoms with Crippen LogP contribution in [-0.4, -0.2) is 17.1 Å². The number of nitrogens with zero attached hydrogens (tertiary/aromatic N) is 2. The first-order chi connectivity index (χ1) is 8.65. The van der Waals surface area contributed by atoms with Gasteiger partial charge in [0, 0.05) is 24.5 Å². The molecule has 0 unspecified atom stereocenters. The first-order valence-electron chi connectivity index (χ1n) is 5.68. The van der Waals surface area contributed by atoms with Crippen LogP contribution >= 0.6 is 0 Å². The molecule has 2 aromatic rings. The SMILES string of the molecule is Cc1ccccc1N(C)c1nccc(CO)c1F. The first-order valence-corrected chi connectivity index (χ1v) is 5.68. The number of anilines is 2. The summed E-state index contributed by atoms with van der Waals surface area (Å²) >= 11 is 0. The summed E-state index contributed by atoms with van der Waals surface area (Å²) in [4.78, 5) is 5.73. The predicted molar refractivity (Wildman–Crippen MR) is 69.4 cm³/mol. The number of hydrogen-bond donors (Lipinski definition) is 1. The average Bonchev–Trinajstić information content (AvgIpc) is 2.39. The molecule has 1 aromatic carbocycles. The topological polar surface area (TPSA) is 36.4 Å². The van der Waals surface area contributed by atoms with Crippen molar-refractivity contribution in [1.82, 2.24) is 4.98 Å². The van der Waals surface area contributed by atoms with Crippen molar-refractivity contribution < 1.29 is 9.50 Å². The minimum Gasteiger partial charge on any atom is -0.392 e. The summed E-state index contributed by atoms with van der Waals surface area (Å²) in [5, 5.41) is 9.06. The molecule has 0 aliphatic rings. The fraction of sp³-hybridized carbons (Fsp3) is 0.214. The van der Waals surface area contributed by atoms with E-state index in [1.165, 1.54) is 12.3 Å². The summed E-state index contributed by atoms with van der Waals surface area (Å²) < 4.78 is 14.1. The number of benzene rings is 1. The van der Waals surface area contributed by atoms with Gasteiger partial charge in [0.25, 0.3) is 0 Å². The summed E-state index contributed by atoms with van der Waals surface area (Å²) in [7, 11) is 1.76. The van der Waals surface area contributed by atoms with Gasteiger partial charge in [0.1, 0.15) is 0 Å². The fourth-order valence-electron chi connectivity index (χ4n) is 1.88. The Bertz CT molecular complexity index is 557. The second-order valence-corrected chi connectivity index (χ2v) is 4.11. The predicted octanol–water partition coefficient (Wildman–Crippen LogP) is 2.79. The second-order valence-electron chi connectivity index (χ2n) is 4.11. The quantitative estimate of drug-likeness (QED) is 0.904. The Morgan fingerprint density at radius 1 is 1.28 bits per heavy atom. The van der Waals surface area contributed by atoms with Crippen molar-refractivity contribution in [3.8, 4) is 0 Å². The number of aromatic nitrogens is 1. The number of hydrogen-bond acceptors (Lipinski definition) is 3. The lowest BCUT2D eigenvalue weighted by atomic mass is 10.2. The van der Waals surface area contributed by atoms with Crippen molar-refractivity contribution in [1.29, 1.82) is 0 Å². The molecule has 0 amide bonds. The van der Waals surface area contributed by atoms with Gasteiger partial charge in [-0.3, -0.25) is 0 Å². The van der Waals surface area contributed by atoms with E-state index in [-0.39, 0.29) is 18.0 Å². The van der Waals surface area contributed by atoms with Crippen LogP contribution in [0.5, 0.6) is 0 Å². The Balaban J connectivity index is 2.47. The van der Waals surface area contributed by atoms with Crippen LogP contribution in [0.2, 0.25) is 0 Å². The number of aliphatic hydroxyl groups excluding tert-OH is 1. The maximum atomic E-state index is 14.1. The van der Waals surface area contributed by atoms with Crippen molar-refractivity contribution in [3.05, 3.63) is 53.5 Å². The molecular formula is C14H15FN2O. The highest BCUT2D eigenvalue weighted by Gasteiger charge is 2.15. The number of pyridine rings is 1. The molecule has 1 N–H and O–H groups in total. The molecule has 2 rings (SSSR count). The number of para-hydroxylation sites is 1. The van der Waals surface area contributed by atoms with Gasteiger partial charge in [-0.2, -0.15) is 0 Å². The number of aliphatic hydroxyl groups is 1. The Morgan fingerprint density at radius 2 is 2.00 bits per heavy atom. The van der Waals surface area contributed by atoms with Crippen molar-refractivity contribution >= 4 is 11.5 Å². The summed E-state index contributed by atoms with van der Waals surface area (Å²) in [6.07, 6.45) is 1.50. The van der Waals surface area contributed by atoms with Crippen LogP contribution < -0.4 is 4.90 Å². The number of halogens is 1. The molecule has 0 spiro atoms. The first kappa shape index (κ1) is 12.5. The number of rotatable bonds is 3. The minimum atomic E-state index is -0.481. The largest absolute Gasteiger partial charge is 0.392 e. The molecule has 0 radical (unpaired) electrons. The van der Waals surface area contributed by atoms with Crippen molar-refractivity contribution in [2.45, 2.75) is 13.5 Å². The van der Waals surface area contributed by atoms with Crippen molar-refractivity contribution in [3.63, 3.8) is 0 Å². The van der Waals surface area contributed by atoms with Gasteiger partial charge in [0.15, 0.2) is 11.6 Å². The zero-order chi connectivity index (χ0) is 13.1. The van der Waals surface area contributed by atoms with E-state index in [0.717, 1.165) is 11.3 Å². The van der Waals surface area contributed by atoms with Crippen LogP contribution in [0.15, 0.2) is 36.5 Å². The maximum absolute atomic E-state index is 14.1. The van der Waals surface area contributed by atoms with E-state index in [2.05, 4.69) is 4.98 Å². The van der Waals surface area contributed by atoms with Gasteiger partial charge in [-0.15, -0.1) is 0 Å². The smallest absolute Gasteiger partial charge is 0.171 e. The molecule has 0 bridgehead atoms. The van der Waals surface area contributed by atoms with Crippen molar-refractivity contribution in [2.24, 2.45) is 0 Å². The normalized spacial score (nSPS) is 10.4. The van der Waals surface area contributed by atoms with E-state index in [9.17, 15) is 4.39 Å². The van der Waals surface area contributed by atoms with Crippen LogP contribution in [-0.2, 0) is 6.61 Å². The average molecular weight is 246 g/mol. The molecule has 0 aliphatic heterocycles. The molecule has 0 aliphatic carbocycles. The number of aryl methyl sites for hydroxylation is 1. The van der Waals surface area contributed by atoms with E-state index >= 15 is 0 Å². The van der Waals surface area contributed by atoms with Gasteiger partial charge in [-0.05, 0) is 24.6 Å². The monoisotopic (exact) mass is 246 g/mol.